The molecule has 0 unspecified atom stereocenters. The Morgan fingerprint density at radius 2 is 2.05 bits per heavy atom. The van der Waals surface area contributed by atoms with Gasteiger partial charge in [-0.2, -0.15) is 5.10 Å². The van der Waals surface area contributed by atoms with Gasteiger partial charge in [-0.15, -0.1) is 0 Å². The van der Waals surface area contributed by atoms with Crippen LogP contribution in [0.15, 0.2) is 29.3 Å². The van der Waals surface area contributed by atoms with Crippen molar-refractivity contribution in [2.75, 3.05) is 5.32 Å². The van der Waals surface area contributed by atoms with Gasteiger partial charge in [0, 0.05) is 11.4 Å². The maximum absolute atomic E-state index is 12.1. The van der Waals surface area contributed by atoms with Gasteiger partial charge in [0.1, 0.15) is 0 Å². The normalized spacial score (nSPS) is 11.3. The van der Waals surface area contributed by atoms with Gasteiger partial charge in [-0.25, -0.2) is 13.6 Å². The van der Waals surface area contributed by atoms with Gasteiger partial charge in [0.25, 0.3) is 5.91 Å². The van der Waals surface area contributed by atoms with Crippen molar-refractivity contribution >= 4 is 21.6 Å². The highest BCUT2D eigenvalue weighted by atomic mass is 32.2. The minimum Gasteiger partial charge on any atom is -0.322 e. The van der Waals surface area contributed by atoms with Gasteiger partial charge in [-0.3, -0.25) is 9.89 Å². The molecule has 0 spiro atoms. The van der Waals surface area contributed by atoms with Crippen LogP contribution in [0.4, 0.5) is 5.69 Å². The number of carbonyl (C=O) groups excluding carboxylic acids is 1. The van der Waals surface area contributed by atoms with E-state index in [2.05, 4.69) is 15.5 Å². The van der Waals surface area contributed by atoms with E-state index in [4.69, 9.17) is 5.14 Å². The summed E-state index contributed by atoms with van der Waals surface area (Å²) in [5.41, 5.74) is 2.14. The molecule has 8 heteroatoms. The van der Waals surface area contributed by atoms with Gasteiger partial charge in [0.05, 0.1) is 16.7 Å². The van der Waals surface area contributed by atoms with Crippen LogP contribution in [0.3, 0.4) is 0 Å². The Labute approximate surface area is 116 Å². The molecule has 0 aliphatic heterocycles. The Morgan fingerprint density at radius 1 is 1.35 bits per heavy atom. The summed E-state index contributed by atoms with van der Waals surface area (Å²) in [4.78, 5) is 12.0. The van der Waals surface area contributed by atoms with Gasteiger partial charge >= 0.3 is 0 Å². The Kier molecular flexibility index (Phi) is 3.60. The highest BCUT2D eigenvalue weighted by molar-refractivity contribution is 7.89. The van der Waals surface area contributed by atoms with Crippen LogP contribution in [0.5, 0.6) is 0 Å². The minimum absolute atomic E-state index is 0.0534. The van der Waals surface area contributed by atoms with Crippen molar-refractivity contribution in [2.24, 2.45) is 5.14 Å². The van der Waals surface area contributed by atoms with Crippen LogP contribution >= 0.6 is 0 Å². The molecule has 2 rings (SSSR count). The molecule has 0 saturated carbocycles. The number of aryl methyl sites for hydroxylation is 2. The molecule has 0 saturated heterocycles. The lowest BCUT2D eigenvalue weighted by Crippen LogP contribution is -2.16. The first-order valence-corrected chi connectivity index (χ1v) is 7.28. The molecule has 0 aliphatic carbocycles. The van der Waals surface area contributed by atoms with Gasteiger partial charge in [0.15, 0.2) is 0 Å². The zero-order chi connectivity index (χ0) is 14.9. The average Bonchev–Trinajstić information content (AvgIpc) is 2.77. The molecule has 1 amide bonds. The standard InChI is InChI=1S/C12H14N4O3S/c1-7-3-4-9(20(13,18)19)5-11(7)15-12(17)10-6-14-16-8(10)2/h3-6H,1-2H3,(H,14,16)(H,15,17)(H2,13,18,19). The largest absolute Gasteiger partial charge is 0.322 e. The third kappa shape index (κ3) is 2.86. The van der Waals surface area contributed by atoms with Crippen LogP contribution in [0, 0.1) is 13.8 Å². The van der Waals surface area contributed by atoms with Gasteiger partial charge < -0.3 is 5.32 Å². The van der Waals surface area contributed by atoms with E-state index >= 15 is 0 Å². The van der Waals surface area contributed by atoms with E-state index in [0.29, 0.717) is 16.9 Å². The maximum Gasteiger partial charge on any atom is 0.259 e. The maximum atomic E-state index is 12.1. The fourth-order valence-electron chi connectivity index (χ4n) is 1.68. The number of aromatic amines is 1. The lowest BCUT2D eigenvalue weighted by atomic mass is 10.2. The number of H-pyrrole nitrogens is 1. The number of hydrogen-bond acceptors (Lipinski definition) is 4. The Hall–Kier alpha value is -2.19. The van der Waals surface area contributed by atoms with Crippen molar-refractivity contribution in [3.8, 4) is 0 Å². The number of benzene rings is 1. The zero-order valence-electron chi connectivity index (χ0n) is 11.0. The monoisotopic (exact) mass is 294 g/mol. The van der Waals surface area contributed by atoms with Crippen molar-refractivity contribution < 1.29 is 13.2 Å². The number of hydrogen-bond donors (Lipinski definition) is 3. The predicted octanol–water partition coefficient (Wildman–Crippen LogP) is 0.926. The molecule has 20 heavy (non-hydrogen) atoms. The van der Waals surface area contributed by atoms with Crippen LogP contribution in [0.2, 0.25) is 0 Å². The number of nitrogens with two attached hydrogens (primary N) is 1. The van der Waals surface area contributed by atoms with Crippen LogP contribution in [0.25, 0.3) is 0 Å². The van der Waals surface area contributed by atoms with Gasteiger partial charge in [0.2, 0.25) is 10.0 Å². The van der Waals surface area contributed by atoms with Crippen molar-refractivity contribution in [2.45, 2.75) is 18.7 Å². The first kappa shape index (κ1) is 14.2. The summed E-state index contributed by atoms with van der Waals surface area (Å²) in [6.45, 7) is 3.47. The lowest BCUT2D eigenvalue weighted by molar-refractivity contribution is 0.102. The number of carbonyl (C=O) groups is 1. The molecule has 4 N–H and O–H groups in total. The fraction of sp³-hybridized carbons (Fsp3) is 0.167. The van der Waals surface area contributed by atoms with Gasteiger partial charge in [-0.1, -0.05) is 6.07 Å². The van der Waals surface area contributed by atoms with Crippen molar-refractivity contribution in [1.29, 1.82) is 0 Å². The van der Waals surface area contributed by atoms with Crippen molar-refractivity contribution in [3.63, 3.8) is 0 Å². The van der Waals surface area contributed by atoms with E-state index in [9.17, 15) is 13.2 Å². The third-order valence-electron chi connectivity index (χ3n) is 2.86. The first-order chi connectivity index (χ1) is 9.29. The third-order valence-corrected chi connectivity index (χ3v) is 3.77. The Balaban J connectivity index is 2.34. The fourth-order valence-corrected chi connectivity index (χ4v) is 2.22. The second-order valence-corrected chi connectivity index (χ2v) is 5.95. The summed E-state index contributed by atoms with van der Waals surface area (Å²) in [6.07, 6.45) is 1.41. The summed E-state index contributed by atoms with van der Waals surface area (Å²) in [6, 6.07) is 4.30. The first-order valence-electron chi connectivity index (χ1n) is 5.74. The average molecular weight is 294 g/mol. The zero-order valence-corrected chi connectivity index (χ0v) is 11.8. The van der Waals surface area contributed by atoms with Crippen molar-refractivity contribution in [3.05, 3.63) is 41.2 Å². The summed E-state index contributed by atoms with van der Waals surface area (Å²) < 4.78 is 22.6. The van der Waals surface area contributed by atoms with E-state index in [0.717, 1.165) is 5.56 Å². The number of nitrogens with zero attached hydrogens (tertiary/aromatic N) is 1. The Morgan fingerprint density at radius 3 is 2.60 bits per heavy atom. The Bertz CT molecular complexity index is 765. The minimum atomic E-state index is -3.81. The van der Waals surface area contributed by atoms with Gasteiger partial charge in [-0.05, 0) is 31.5 Å². The predicted molar refractivity (Wildman–Crippen MR) is 73.8 cm³/mol. The molecule has 106 valence electrons. The quantitative estimate of drug-likeness (QED) is 0.780. The second-order valence-electron chi connectivity index (χ2n) is 4.38. The molecule has 0 aliphatic rings. The van der Waals surface area contributed by atoms with E-state index in [-0.39, 0.29) is 10.8 Å². The number of amides is 1. The molecule has 2 aromatic rings. The number of aromatic nitrogens is 2. The molecular formula is C12H14N4O3S. The molecule has 0 bridgehead atoms. The smallest absolute Gasteiger partial charge is 0.259 e. The molecule has 0 radical (unpaired) electrons. The number of rotatable bonds is 3. The lowest BCUT2D eigenvalue weighted by Gasteiger charge is -2.09. The highest BCUT2D eigenvalue weighted by Gasteiger charge is 2.14. The topological polar surface area (TPSA) is 118 Å². The molecule has 1 aromatic carbocycles. The summed E-state index contributed by atoms with van der Waals surface area (Å²) in [5.74, 6) is -0.370. The number of nitrogens with one attached hydrogen (secondary N) is 2. The summed E-state index contributed by atoms with van der Waals surface area (Å²) in [5, 5.41) is 14.1. The van der Waals surface area contributed by atoms with E-state index in [1.54, 1.807) is 19.9 Å². The van der Waals surface area contributed by atoms with Crippen LogP contribution in [0.1, 0.15) is 21.6 Å². The van der Waals surface area contributed by atoms with Crippen LogP contribution < -0.4 is 10.5 Å². The van der Waals surface area contributed by atoms with Crippen LogP contribution in [-0.2, 0) is 10.0 Å². The van der Waals surface area contributed by atoms with E-state index in [1.807, 2.05) is 0 Å². The van der Waals surface area contributed by atoms with Crippen molar-refractivity contribution in [1.82, 2.24) is 10.2 Å². The summed E-state index contributed by atoms with van der Waals surface area (Å²) >= 11 is 0. The SMILES string of the molecule is Cc1ccc(S(N)(=O)=O)cc1NC(=O)c1cn[nH]c1C. The molecular weight excluding hydrogens is 280 g/mol. The number of primary sulfonamides is 1. The van der Waals surface area contributed by atoms with Crippen LogP contribution in [-0.4, -0.2) is 24.5 Å². The molecule has 1 heterocycles. The summed E-state index contributed by atoms with van der Waals surface area (Å²) in [7, 11) is -3.81. The molecule has 7 nitrogen and oxygen atoms in total. The number of sulfonamides is 1. The van der Waals surface area contributed by atoms with E-state index in [1.165, 1.54) is 18.3 Å². The molecule has 0 atom stereocenters. The molecule has 1 aromatic heterocycles. The second kappa shape index (κ2) is 5.06. The highest BCUT2D eigenvalue weighted by Crippen LogP contribution is 2.20. The number of anilines is 1. The van der Waals surface area contributed by atoms with E-state index < -0.39 is 10.0 Å². The molecule has 0 fully saturated rings.